The van der Waals surface area contributed by atoms with Crippen LogP contribution in [0.4, 0.5) is 8.78 Å². The van der Waals surface area contributed by atoms with Crippen LogP contribution in [-0.2, 0) is 25.2 Å². The molecular weight excluding hydrogens is 412 g/mol. The third-order valence-electron chi connectivity index (χ3n) is 3.40. The van der Waals surface area contributed by atoms with Gasteiger partial charge in [0.2, 0.25) is 27.3 Å². The number of carbonyl (C=O) groups excluding carboxylic acids is 1. The summed E-state index contributed by atoms with van der Waals surface area (Å²) in [6.45, 7) is 1.05. The van der Waals surface area contributed by atoms with Gasteiger partial charge in [-0.25, -0.2) is 17.2 Å². The first-order chi connectivity index (χ1) is 11.1. The van der Waals surface area contributed by atoms with Gasteiger partial charge in [-0.05, 0) is 25.5 Å². The Morgan fingerprint density at radius 3 is 2.46 bits per heavy atom. The number of aliphatic hydroxyl groups is 1. The van der Waals surface area contributed by atoms with Crippen molar-refractivity contribution in [3.63, 3.8) is 0 Å². The lowest BCUT2D eigenvalue weighted by molar-refractivity contribution is -0.132. The van der Waals surface area contributed by atoms with Crippen molar-refractivity contribution in [2.45, 2.75) is 18.9 Å². The molecule has 0 fully saturated rings. The fourth-order valence-corrected chi connectivity index (χ4v) is 3.95. The van der Waals surface area contributed by atoms with Crippen LogP contribution in [0, 0.1) is 11.6 Å². The molecule has 0 aromatic heterocycles. The summed E-state index contributed by atoms with van der Waals surface area (Å²) in [5, 5.41) is 10.3. The van der Waals surface area contributed by atoms with Gasteiger partial charge in [0.05, 0.1) is 11.3 Å². The van der Waals surface area contributed by atoms with E-state index in [1.54, 1.807) is 0 Å². The zero-order valence-electron chi connectivity index (χ0n) is 12.5. The number of alkyl halides is 1. The second-order valence-electron chi connectivity index (χ2n) is 5.20. The van der Waals surface area contributed by atoms with Gasteiger partial charge in [0.15, 0.2) is 0 Å². The van der Waals surface area contributed by atoms with Crippen LogP contribution in [0.25, 0.3) is 0 Å². The van der Waals surface area contributed by atoms with Crippen LogP contribution in [0.3, 0.4) is 0 Å². The lowest BCUT2D eigenvalue weighted by Crippen LogP contribution is -2.34. The summed E-state index contributed by atoms with van der Waals surface area (Å²) in [4.78, 5) is 12.2. The first-order valence-electron chi connectivity index (χ1n) is 6.80. The molecule has 1 atom stereocenters. The number of ketones is 1. The van der Waals surface area contributed by atoms with Gasteiger partial charge in [-0.2, -0.15) is 0 Å². The van der Waals surface area contributed by atoms with Crippen molar-refractivity contribution in [1.29, 1.82) is 0 Å². The van der Waals surface area contributed by atoms with Crippen LogP contribution in [0.2, 0.25) is 0 Å². The first-order valence-corrected chi connectivity index (χ1v) is 9.58. The van der Waals surface area contributed by atoms with Gasteiger partial charge in [-0.15, -0.1) is 0 Å². The number of aliphatic hydroxyl groups excluding tert-OH is 1. The number of carbonyl (C=O) groups is 1. The van der Waals surface area contributed by atoms with Crippen molar-refractivity contribution in [2.75, 3.05) is 11.1 Å². The van der Waals surface area contributed by atoms with Crippen LogP contribution in [0.15, 0.2) is 29.8 Å². The second-order valence-corrected chi connectivity index (χ2v) is 7.84. The predicted molar refractivity (Wildman–Crippen MR) is 84.8 cm³/mol. The van der Waals surface area contributed by atoms with Crippen LogP contribution in [0.5, 0.6) is 0 Å². The van der Waals surface area contributed by atoms with Crippen molar-refractivity contribution < 1.29 is 31.8 Å². The fourth-order valence-electron chi connectivity index (χ4n) is 2.25. The summed E-state index contributed by atoms with van der Waals surface area (Å²) in [5.41, 5.74) is -2.93. The highest BCUT2D eigenvalue weighted by Crippen LogP contribution is 2.39. The monoisotopic (exact) mass is 425 g/mol. The molecule has 0 saturated carbocycles. The molecule has 0 spiro atoms. The van der Waals surface area contributed by atoms with Crippen molar-refractivity contribution in [3.05, 3.63) is 47.0 Å². The standard InChI is InChI=1S/C14H14BrF2NO5S/c1-14(10-8(16)4-2-5-9(10)17)12(20)11(19)13(23-14)18-24(21,22)7-3-6-15/h2,4-5,18-19H,3,6-7H2,1H3. The molecule has 1 heterocycles. The molecule has 1 unspecified atom stereocenters. The Bertz CT molecular complexity index is 791. The molecule has 132 valence electrons. The molecule has 10 heteroatoms. The lowest BCUT2D eigenvalue weighted by Gasteiger charge is -2.24. The van der Waals surface area contributed by atoms with Crippen molar-refractivity contribution in [2.24, 2.45) is 0 Å². The maximum atomic E-state index is 14.0. The fraction of sp³-hybridized carbons (Fsp3) is 0.357. The van der Waals surface area contributed by atoms with E-state index < -0.39 is 50.2 Å². The average molecular weight is 426 g/mol. The lowest BCUT2D eigenvalue weighted by atomic mass is 9.90. The highest BCUT2D eigenvalue weighted by atomic mass is 79.9. The average Bonchev–Trinajstić information content (AvgIpc) is 2.69. The van der Waals surface area contributed by atoms with E-state index in [2.05, 4.69) is 15.9 Å². The van der Waals surface area contributed by atoms with Gasteiger partial charge >= 0.3 is 0 Å². The Hall–Kier alpha value is -1.68. The normalized spacial score (nSPS) is 21.1. The van der Waals surface area contributed by atoms with Gasteiger partial charge < -0.3 is 9.84 Å². The van der Waals surface area contributed by atoms with Gasteiger partial charge in [0, 0.05) is 5.33 Å². The first kappa shape index (κ1) is 18.7. The molecule has 1 aromatic rings. The molecule has 0 amide bonds. The Balaban J connectivity index is 2.36. The summed E-state index contributed by atoms with van der Waals surface area (Å²) >= 11 is 3.08. The van der Waals surface area contributed by atoms with Crippen LogP contribution in [0.1, 0.15) is 18.9 Å². The van der Waals surface area contributed by atoms with Gasteiger partial charge in [-0.1, -0.05) is 22.0 Å². The second kappa shape index (κ2) is 6.67. The molecule has 0 aliphatic carbocycles. The number of ether oxygens (including phenoxy) is 1. The van der Waals surface area contributed by atoms with E-state index in [1.165, 1.54) is 0 Å². The number of nitrogens with one attached hydrogen (secondary N) is 1. The number of sulfonamides is 1. The minimum absolute atomic E-state index is 0.274. The van der Waals surface area contributed by atoms with Gasteiger partial charge in [-0.3, -0.25) is 9.52 Å². The molecule has 0 bridgehead atoms. The third-order valence-corrected chi connectivity index (χ3v) is 5.29. The zero-order chi connectivity index (χ0) is 18.1. The highest BCUT2D eigenvalue weighted by molar-refractivity contribution is 9.09. The number of rotatable bonds is 6. The maximum absolute atomic E-state index is 14.0. The van der Waals surface area contributed by atoms with Crippen molar-refractivity contribution in [1.82, 2.24) is 4.72 Å². The number of Topliss-reactive ketones (excluding diaryl/α,β-unsaturated/α-hetero) is 1. The summed E-state index contributed by atoms with van der Waals surface area (Å²) in [6, 6.07) is 2.96. The number of hydrogen-bond donors (Lipinski definition) is 2. The van der Waals surface area contributed by atoms with E-state index in [-0.39, 0.29) is 12.2 Å². The van der Waals surface area contributed by atoms with Crippen LogP contribution >= 0.6 is 15.9 Å². The van der Waals surface area contributed by atoms with E-state index in [9.17, 15) is 27.1 Å². The number of benzene rings is 1. The number of halogens is 3. The summed E-state index contributed by atoms with van der Waals surface area (Å²) in [6.07, 6.45) is 0.274. The quantitative estimate of drug-likeness (QED) is 0.681. The van der Waals surface area contributed by atoms with E-state index in [0.717, 1.165) is 25.1 Å². The summed E-state index contributed by atoms with van der Waals surface area (Å²) < 4.78 is 58.7. The molecular formula is C14H14BrF2NO5S. The predicted octanol–water partition coefficient (Wildman–Crippen LogP) is 2.21. The molecule has 24 heavy (non-hydrogen) atoms. The van der Waals surface area contributed by atoms with Crippen molar-refractivity contribution >= 4 is 31.7 Å². The van der Waals surface area contributed by atoms with Crippen molar-refractivity contribution in [3.8, 4) is 0 Å². The van der Waals surface area contributed by atoms with Crippen LogP contribution < -0.4 is 4.72 Å². The van der Waals surface area contributed by atoms with E-state index in [0.29, 0.717) is 5.33 Å². The Morgan fingerprint density at radius 1 is 1.33 bits per heavy atom. The third kappa shape index (κ3) is 3.39. The Morgan fingerprint density at radius 2 is 1.92 bits per heavy atom. The van der Waals surface area contributed by atoms with Gasteiger partial charge in [0.1, 0.15) is 11.6 Å². The largest absolute Gasteiger partial charge is 0.501 e. The maximum Gasteiger partial charge on any atom is 0.250 e. The minimum Gasteiger partial charge on any atom is -0.501 e. The molecule has 1 aliphatic rings. The molecule has 1 aromatic carbocycles. The van der Waals surface area contributed by atoms with Crippen LogP contribution in [-0.4, -0.2) is 30.4 Å². The summed E-state index contributed by atoms with van der Waals surface area (Å²) in [7, 11) is -3.90. The SMILES string of the molecule is CC1(c2c(F)cccc2F)OC(NS(=O)(=O)CCCBr)=C(O)C1=O. The number of hydrogen-bond acceptors (Lipinski definition) is 5. The molecule has 1 aliphatic heterocycles. The zero-order valence-corrected chi connectivity index (χ0v) is 14.9. The van der Waals surface area contributed by atoms with E-state index >= 15 is 0 Å². The Labute approximate surface area is 145 Å². The molecule has 2 rings (SSSR count). The molecule has 0 saturated heterocycles. The van der Waals surface area contributed by atoms with Gasteiger partial charge in [0.25, 0.3) is 5.78 Å². The highest BCUT2D eigenvalue weighted by Gasteiger charge is 2.51. The Kier molecular flexibility index (Phi) is 5.19. The minimum atomic E-state index is -3.90. The topological polar surface area (TPSA) is 92.7 Å². The van der Waals surface area contributed by atoms with E-state index in [1.807, 2.05) is 4.72 Å². The molecule has 6 nitrogen and oxygen atoms in total. The summed E-state index contributed by atoms with van der Waals surface area (Å²) in [5.74, 6) is -5.34. The smallest absolute Gasteiger partial charge is 0.250 e. The molecule has 2 N–H and O–H groups in total. The molecule has 0 radical (unpaired) electrons. The van der Waals surface area contributed by atoms with E-state index in [4.69, 9.17) is 4.74 Å².